The van der Waals surface area contributed by atoms with Crippen molar-refractivity contribution in [2.75, 3.05) is 26.9 Å². The molecule has 2 aromatic rings. The van der Waals surface area contributed by atoms with E-state index in [1.54, 1.807) is 19.2 Å². The Labute approximate surface area is 197 Å². The lowest BCUT2D eigenvalue weighted by atomic mass is 9.94. The normalized spacial score (nSPS) is 17.8. The number of carbonyl (C=O) groups is 2. The summed E-state index contributed by atoms with van der Waals surface area (Å²) in [5.41, 5.74) is 2.20. The smallest absolute Gasteiger partial charge is 0.295 e. The molecule has 0 radical (unpaired) electrons. The van der Waals surface area contributed by atoms with Gasteiger partial charge in [-0.1, -0.05) is 41.1 Å². The average Bonchev–Trinajstić information content (AvgIpc) is 3.04. The summed E-state index contributed by atoms with van der Waals surface area (Å²) in [6.07, 6.45) is 1.44. The van der Waals surface area contributed by atoms with E-state index in [0.29, 0.717) is 43.1 Å². The lowest BCUT2D eigenvalue weighted by Gasteiger charge is -2.25. The molecule has 1 atom stereocenters. The van der Waals surface area contributed by atoms with Gasteiger partial charge >= 0.3 is 0 Å². The minimum absolute atomic E-state index is 0.0850. The molecule has 0 spiro atoms. The van der Waals surface area contributed by atoms with Gasteiger partial charge in [0.1, 0.15) is 11.5 Å². The van der Waals surface area contributed by atoms with Gasteiger partial charge in [-0.05, 0) is 55.2 Å². The van der Waals surface area contributed by atoms with Crippen molar-refractivity contribution in [3.8, 4) is 5.75 Å². The number of halogens is 1. The quantitative estimate of drug-likeness (QED) is 0.226. The van der Waals surface area contributed by atoms with E-state index in [1.807, 2.05) is 44.2 Å². The maximum absolute atomic E-state index is 13.1. The van der Waals surface area contributed by atoms with Gasteiger partial charge < -0.3 is 19.5 Å². The van der Waals surface area contributed by atoms with Gasteiger partial charge in [-0.25, -0.2) is 0 Å². The number of amides is 1. The molecule has 1 heterocycles. The fourth-order valence-electron chi connectivity index (χ4n) is 3.78. The fraction of sp³-hybridized carbons (Fsp3) is 0.360. The minimum Gasteiger partial charge on any atom is -0.507 e. The van der Waals surface area contributed by atoms with Crippen molar-refractivity contribution >= 4 is 33.4 Å². The van der Waals surface area contributed by atoms with Crippen LogP contribution in [0.15, 0.2) is 52.5 Å². The first kappa shape index (κ1) is 24.0. The lowest BCUT2D eigenvalue weighted by Crippen LogP contribution is -2.31. The second-order valence-corrected chi connectivity index (χ2v) is 8.58. The van der Waals surface area contributed by atoms with Crippen LogP contribution >= 0.6 is 15.9 Å². The van der Waals surface area contributed by atoms with Crippen LogP contribution in [-0.4, -0.2) is 48.6 Å². The van der Waals surface area contributed by atoms with Crippen LogP contribution in [0.4, 0.5) is 0 Å². The van der Waals surface area contributed by atoms with Crippen LogP contribution in [0.25, 0.3) is 5.76 Å². The minimum atomic E-state index is -0.707. The van der Waals surface area contributed by atoms with Gasteiger partial charge in [0.25, 0.3) is 11.7 Å². The number of aliphatic hydroxyl groups is 1. The first-order chi connectivity index (χ1) is 15.4. The number of ketones is 1. The second kappa shape index (κ2) is 10.8. The molecule has 0 aromatic heterocycles. The standard InChI is InChI=1S/C25H28BrNO5/c1-4-12-32-19-8-5-7-17(15-19)22-21(23(28)18-9-10-20(26)16(2)14-18)24(29)25(30)27(22)11-6-13-31-3/h5,7-10,14-15,22,28H,4,6,11-13H2,1-3H3/b23-21-. The molecule has 1 aliphatic rings. The van der Waals surface area contributed by atoms with Crippen molar-refractivity contribution in [2.24, 2.45) is 0 Å². The molecular weight excluding hydrogens is 474 g/mol. The highest BCUT2D eigenvalue weighted by Gasteiger charge is 2.45. The summed E-state index contributed by atoms with van der Waals surface area (Å²) in [6.45, 7) is 5.28. The van der Waals surface area contributed by atoms with E-state index >= 15 is 0 Å². The number of Topliss-reactive ketones (excluding diaryl/α,β-unsaturated/α-hetero) is 1. The second-order valence-electron chi connectivity index (χ2n) is 7.72. The Hall–Kier alpha value is -2.64. The molecule has 2 aromatic carbocycles. The molecule has 1 unspecified atom stereocenters. The molecule has 7 heteroatoms. The highest BCUT2D eigenvalue weighted by molar-refractivity contribution is 9.10. The average molecular weight is 502 g/mol. The third-order valence-corrected chi connectivity index (χ3v) is 6.26. The summed E-state index contributed by atoms with van der Waals surface area (Å²) < 4.78 is 11.8. The van der Waals surface area contributed by atoms with Gasteiger partial charge in [-0.2, -0.15) is 0 Å². The fourth-order valence-corrected chi connectivity index (χ4v) is 4.02. The van der Waals surface area contributed by atoms with E-state index in [0.717, 1.165) is 16.5 Å². The topological polar surface area (TPSA) is 76.1 Å². The van der Waals surface area contributed by atoms with Crippen molar-refractivity contribution < 1.29 is 24.2 Å². The molecule has 1 fully saturated rings. The van der Waals surface area contributed by atoms with Crippen LogP contribution < -0.4 is 4.74 Å². The molecule has 1 saturated heterocycles. The molecule has 0 saturated carbocycles. The number of rotatable bonds is 9. The van der Waals surface area contributed by atoms with Crippen molar-refractivity contribution in [3.63, 3.8) is 0 Å². The van der Waals surface area contributed by atoms with E-state index in [9.17, 15) is 14.7 Å². The number of ether oxygens (including phenoxy) is 2. The first-order valence-electron chi connectivity index (χ1n) is 10.7. The zero-order valence-electron chi connectivity index (χ0n) is 18.6. The monoisotopic (exact) mass is 501 g/mol. The van der Waals surface area contributed by atoms with Crippen molar-refractivity contribution in [1.29, 1.82) is 0 Å². The molecule has 1 N–H and O–H groups in total. The number of hydrogen-bond donors (Lipinski definition) is 1. The van der Waals surface area contributed by atoms with Gasteiger partial charge in [0.15, 0.2) is 0 Å². The number of aryl methyl sites for hydroxylation is 1. The molecule has 1 aliphatic heterocycles. The van der Waals surface area contributed by atoms with Gasteiger partial charge in [-0.15, -0.1) is 0 Å². The molecule has 0 aliphatic carbocycles. The van der Waals surface area contributed by atoms with Crippen LogP contribution in [0.1, 0.15) is 42.5 Å². The Morgan fingerprint density at radius 1 is 1.16 bits per heavy atom. The summed E-state index contributed by atoms with van der Waals surface area (Å²) >= 11 is 3.45. The summed E-state index contributed by atoms with van der Waals surface area (Å²) in [5.74, 6) is -0.837. The molecule has 170 valence electrons. The SMILES string of the molecule is CCCOc1cccc(C2/C(=C(/O)c3ccc(Br)c(C)c3)C(=O)C(=O)N2CCCOC)c1. The van der Waals surface area contributed by atoms with Gasteiger partial charge in [0.05, 0.1) is 18.2 Å². The van der Waals surface area contributed by atoms with Crippen LogP contribution in [0.2, 0.25) is 0 Å². The number of methoxy groups -OCH3 is 1. The van der Waals surface area contributed by atoms with E-state index < -0.39 is 17.7 Å². The van der Waals surface area contributed by atoms with Crippen molar-refractivity contribution in [1.82, 2.24) is 4.90 Å². The van der Waals surface area contributed by atoms with E-state index in [2.05, 4.69) is 15.9 Å². The van der Waals surface area contributed by atoms with Crippen LogP contribution in [0, 0.1) is 6.92 Å². The predicted octanol–water partition coefficient (Wildman–Crippen LogP) is 5.00. The van der Waals surface area contributed by atoms with Gasteiger partial charge in [0, 0.05) is 30.3 Å². The molecule has 3 rings (SSSR count). The number of carbonyl (C=O) groups excluding carboxylic acids is 2. The van der Waals surface area contributed by atoms with E-state index in [1.165, 1.54) is 4.90 Å². The predicted molar refractivity (Wildman–Crippen MR) is 127 cm³/mol. The summed E-state index contributed by atoms with van der Waals surface area (Å²) in [5, 5.41) is 11.2. The Kier molecular flexibility index (Phi) is 8.10. The van der Waals surface area contributed by atoms with Crippen molar-refractivity contribution in [2.45, 2.75) is 32.7 Å². The summed E-state index contributed by atoms with van der Waals surface area (Å²) in [4.78, 5) is 27.5. The lowest BCUT2D eigenvalue weighted by molar-refractivity contribution is -0.140. The highest BCUT2D eigenvalue weighted by Crippen LogP contribution is 2.40. The first-order valence-corrected chi connectivity index (χ1v) is 11.4. The zero-order chi connectivity index (χ0) is 23.3. The third-order valence-electron chi connectivity index (χ3n) is 5.37. The third kappa shape index (κ3) is 5.05. The summed E-state index contributed by atoms with van der Waals surface area (Å²) in [6, 6.07) is 12.0. The zero-order valence-corrected chi connectivity index (χ0v) is 20.1. The van der Waals surface area contributed by atoms with Crippen molar-refractivity contribution in [3.05, 3.63) is 69.2 Å². The molecular formula is C25H28BrNO5. The maximum atomic E-state index is 13.1. The van der Waals surface area contributed by atoms with E-state index in [-0.39, 0.29) is 11.3 Å². The molecule has 6 nitrogen and oxygen atoms in total. The Bertz CT molecular complexity index is 1030. The van der Waals surface area contributed by atoms with Crippen LogP contribution in [0.3, 0.4) is 0 Å². The summed E-state index contributed by atoms with van der Waals surface area (Å²) in [7, 11) is 1.59. The Balaban J connectivity index is 2.11. The molecule has 32 heavy (non-hydrogen) atoms. The largest absolute Gasteiger partial charge is 0.507 e. The number of hydrogen-bond acceptors (Lipinski definition) is 5. The van der Waals surface area contributed by atoms with Crippen LogP contribution in [0.5, 0.6) is 5.75 Å². The van der Waals surface area contributed by atoms with Gasteiger partial charge in [0.2, 0.25) is 0 Å². The Morgan fingerprint density at radius 2 is 1.94 bits per heavy atom. The van der Waals surface area contributed by atoms with E-state index in [4.69, 9.17) is 9.47 Å². The molecule has 1 amide bonds. The van der Waals surface area contributed by atoms with Crippen LogP contribution in [-0.2, 0) is 14.3 Å². The molecule has 0 bridgehead atoms. The Morgan fingerprint density at radius 3 is 2.62 bits per heavy atom. The number of aliphatic hydroxyl groups excluding tert-OH is 1. The highest BCUT2D eigenvalue weighted by atomic mass is 79.9. The number of nitrogens with zero attached hydrogens (tertiary/aromatic N) is 1. The number of benzene rings is 2. The van der Waals surface area contributed by atoms with Gasteiger partial charge in [-0.3, -0.25) is 9.59 Å². The maximum Gasteiger partial charge on any atom is 0.295 e. The number of likely N-dealkylation sites (tertiary alicyclic amines) is 1.